The number of para-hydroxylation sites is 1. The average molecular weight is 263 g/mol. The predicted octanol–water partition coefficient (Wildman–Crippen LogP) is 3.67. The van der Waals surface area contributed by atoms with E-state index in [4.69, 9.17) is 0 Å². The van der Waals surface area contributed by atoms with Crippen molar-refractivity contribution in [2.75, 3.05) is 0 Å². The standard InChI is InChI=1S/C12H11BrN2/c1-9(2)12-11(13)8-14-15(12)10-6-4-3-5-7-10/h3-8H,1H2,2H3. The van der Waals surface area contributed by atoms with Crippen LogP contribution in [0.2, 0.25) is 0 Å². The van der Waals surface area contributed by atoms with Crippen molar-refractivity contribution in [2.45, 2.75) is 6.92 Å². The fraction of sp³-hybridized carbons (Fsp3) is 0.0833. The molecule has 1 aromatic heterocycles. The first-order chi connectivity index (χ1) is 7.20. The fourth-order valence-corrected chi connectivity index (χ4v) is 2.08. The zero-order valence-corrected chi connectivity index (χ0v) is 10.0. The van der Waals surface area contributed by atoms with Crippen LogP contribution in [0.3, 0.4) is 0 Å². The summed E-state index contributed by atoms with van der Waals surface area (Å²) in [5, 5.41) is 4.32. The largest absolute Gasteiger partial charge is 0.232 e. The Balaban J connectivity index is 2.59. The first kappa shape index (κ1) is 10.2. The highest BCUT2D eigenvalue weighted by molar-refractivity contribution is 9.10. The van der Waals surface area contributed by atoms with Gasteiger partial charge >= 0.3 is 0 Å². The highest BCUT2D eigenvalue weighted by Crippen LogP contribution is 2.25. The molecule has 76 valence electrons. The van der Waals surface area contributed by atoms with Gasteiger partial charge in [0.05, 0.1) is 22.1 Å². The van der Waals surface area contributed by atoms with Crippen LogP contribution in [-0.2, 0) is 0 Å². The average Bonchev–Trinajstić information content (AvgIpc) is 2.61. The summed E-state index contributed by atoms with van der Waals surface area (Å²) in [6.07, 6.45) is 1.79. The SMILES string of the molecule is C=C(C)c1c(Br)cnn1-c1ccccc1. The maximum absolute atomic E-state index is 4.32. The van der Waals surface area contributed by atoms with Crippen LogP contribution in [0.5, 0.6) is 0 Å². The van der Waals surface area contributed by atoms with E-state index in [1.165, 1.54) is 0 Å². The third kappa shape index (κ3) is 1.88. The van der Waals surface area contributed by atoms with Gasteiger partial charge in [-0.15, -0.1) is 0 Å². The minimum absolute atomic E-state index is 0.971. The molecule has 0 radical (unpaired) electrons. The first-order valence-corrected chi connectivity index (χ1v) is 5.44. The van der Waals surface area contributed by atoms with Crippen molar-refractivity contribution in [1.29, 1.82) is 0 Å². The zero-order chi connectivity index (χ0) is 10.8. The minimum Gasteiger partial charge on any atom is -0.232 e. The Labute approximate surface area is 97.4 Å². The molecule has 3 heteroatoms. The van der Waals surface area contributed by atoms with Crippen molar-refractivity contribution in [1.82, 2.24) is 9.78 Å². The number of nitrogens with zero attached hydrogens (tertiary/aromatic N) is 2. The topological polar surface area (TPSA) is 17.8 Å². The molecule has 2 rings (SSSR count). The molecule has 0 bridgehead atoms. The molecule has 2 aromatic rings. The molecule has 0 aliphatic heterocycles. The Hall–Kier alpha value is -1.35. The zero-order valence-electron chi connectivity index (χ0n) is 8.44. The van der Waals surface area contributed by atoms with Gasteiger partial charge in [-0.2, -0.15) is 5.10 Å². The number of allylic oxidation sites excluding steroid dienone is 1. The molecular formula is C12H11BrN2. The van der Waals surface area contributed by atoms with Crippen LogP contribution >= 0.6 is 15.9 Å². The lowest BCUT2D eigenvalue weighted by Gasteiger charge is -2.07. The molecule has 0 saturated heterocycles. The summed E-state index contributed by atoms with van der Waals surface area (Å²) >= 11 is 3.47. The van der Waals surface area contributed by atoms with E-state index < -0.39 is 0 Å². The molecule has 1 heterocycles. The number of rotatable bonds is 2. The van der Waals surface area contributed by atoms with E-state index in [0.717, 1.165) is 21.4 Å². The summed E-state index contributed by atoms with van der Waals surface area (Å²) in [6.45, 7) is 5.93. The molecule has 0 amide bonds. The van der Waals surface area contributed by atoms with Gasteiger partial charge in [-0.05, 0) is 40.6 Å². The van der Waals surface area contributed by atoms with Gasteiger partial charge in [0.2, 0.25) is 0 Å². The quantitative estimate of drug-likeness (QED) is 0.808. The van der Waals surface area contributed by atoms with E-state index in [1.54, 1.807) is 6.20 Å². The minimum atomic E-state index is 0.971. The van der Waals surface area contributed by atoms with Crippen molar-refractivity contribution in [3.05, 3.63) is 53.3 Å². The lowest BCUT2D eigenvalue weighted by Crippen LogP contribution is -2.00. The van der Waals surface area contributed by atoms with E-state index in [1.807, 2.05) is 41.9 Å². The van der Waals surface area contributed by atoms with Crippen molar-refractivity contribution < 1.29 is 0 Å². The van der Waals surface area contributed by atoms with Gasteiger partial charge in [0, 0.05) is 0 Å². The fourth-order valence-electron chi connectivity index (χ4n) is 1.48. The molecule has 2 nitrogen and oxygen atoms in total. The van der Waals surface area contributed by atoms with Crippen LogP contribution in [0.15, 0.2) is 47.6 Å². The Kier molecular flexibility index (Phi) is 2.73. The number of hydrogen-bond donors (Lipinski definition) is 0. The van der Waals surface area contributed by atoms with E-state index in [2.05, 4.69) is 27.6 Å². The Morgan fingerprint density at radius 1 is 1.33 bits per heavy atom. The molecule has 0 unspecified atom stereocenters. The van der Waals surface area contributed by atoms with Crippen LogP contribution in [0.1, 0.15) is 12.6 Å². The van der Waals surface area contributed by atoms with E-state index in [9.17, 15) is 0 Å². The normalized spacial score (nSPS) is 10.3. The lowest BCUT2D eigenvalue weighted by molar-refractivity contribution is 0.866. The maximum Gasteiger partial charge on any atom is 0.0834 e. The van der Waals surface area contributed by atoms with E-state index in [0.29, 0.717) is 0 Å². The molecule has 1 aromatic carbocycles. The third-order valence-electron chi connectivity index (χ3n) is 2.13. The second kappa shape index (κ2) is 4.03. The van der Waals surface area contributed by atoms with Gasteiger partial charge in [0.15, 0.2) is 0 Å². The summed E-state index contributed by atoms with van der Waals surface area (Å²) in [6, 6.07) is 10.0. The highest BCUT2D eigenvalue weighted by atomic mass is 79.9. The summed E-state index contributed by atoms with van der Waals surface area (Å²) in [5.41, 5.74) is 3.05. The van der Waals surface area contributed by atoms with Crippen molar-refractivity contribution in [2.24, 2.45) is 0 Å². The molecule has 0 spiro atoms. The van der Waals surface area contributed by atoms with Gasteiger partial charge in [-0.1, -0.05) is 24.8 Å². The lowest BCUT2D eigenvalue weighted by atomic mass is 10.2. The van der Waals surface area contributed by atoms with E-state index >= 15 is 0 Å². The molecule has 0 aliphatic rings. The number of benzene rings is 1. The molecule has 15 heavy (non-hydrogen) atoms. The summed E-state index contributed by atoms with van der Waals surface area (Å²) in [4.78, 5) is 0. The number of aromatic nitrogens is 2. The molecule has 0 atom stereocenters. The van der Waals surface area contributed by atoms with Crippen LogP contribution in [-0.4, -0.2) is 9.78 Å². The van der Waals surface area contributed by atoms with Gasteiger partial charge in [0.1, 0.15) is 0 Å². The Morgan fingerprint density at radius 3 is 2.60 bits per heavy atom. The van der Waals surface area contributed by atoms with Crippen LogP contribution in [0, 0.1) is 0 Å². The Morgan fingerprint density at radius 2 is 2.00 bits per heavy atom. The summed E-state index contributed by atoms with van der Waals surface area (Å²) in [7, 11) is 0. The monoisotopic (exact) mass is 262 g/mol. The highest BCUT2D eigenvalue weighted by Gasteiger charge is 2.10. The van der Waals surface area contributed by atoms with E-state index in [-0.39, 0.29) is 0 Å². The van der Waals surface area contributed by atoms with Gasteiger partial charge < -0.3 is 0 Å². The maximum atomic E-state index is 4.32. The van der Waals surface area contributed by atoms with Crippen molar-refractivity contribution in [3.63, 3.8) is 0 Å². The van der Waals surface area contributed by atoms with Crippen LogP contribution < -0.4 is 0 Å². The predicted molar refractivity (Wildman–Crippen MR) is 66.0 cm³/mol. The molecular weight excluding hydrogens is 252 g/mol. The molecule has 0 aliphatic carbocycles. The second-order valence-corrected chi connectivity index (χ2v) is 4.22. The summed E-state index contributed by atoms with van der Waals surface area (Å²) < 4.78 is 2.85. The van der Waals surface area contributed by atoms with Gasteiger partial charge in [0.25, 0.3) is 0 Å². The summed E-state index contributed by atoms with van der Waals surface area (Å²) in [5.74, 6) is 0. The Bertz CT molecular complexity index is 486. The smallest absolute Gasteiger partial charge is 0.0834 e. The number of halogens is 1. The van der Waals surface area contributed by atoms with Crippen molar-refractivity contribution >= 4 is 21.5 Å². The first-order valence-electron chi connectivity index (χ1n) is 4.65. The second-order valence-electron chi connectivity index (χ2n) is 3.37. The van der Waals surface area contributed by atoms with Crippen LogP contribution in [0.4, 0.5) is 0 Å². The van der Waals surface area contributed by atoms with Crippen LogP contribution in [0.25, 0.3) is 11.3 Å². The number of hydrogen-bond acceptors (Lipinski definition) is 1. The van der Waals surface area contributed by atoms with Gasteiger partial charge in [-0.25, -0.2) is 4.68 Å². The molecule has 0 N–H and O–H groups in total. The van der Waals surface area contributed by atoms with Gasteiger partial charge in [-0.3, -0.25) is 0 Å². The molecule has 0 saturated carbocycles. The van der Waals surface area contributed by atoms with Crippen molar-refractivity contribution in [3.8, 4) is 5.69 Å². The third-order valence-corrected chi connectivity index (χ3v) is 2.71. The molecule has 0 fully saturated rings.